The molecule has 0 heterocycles. The van der Waals surface area contributed by atoms with Gasteiger partial charge in [0.25, 0.3) is 0 Å². The Bertz CT molecular complexity index is 680. The monoisotopic (exact) mass is 339 g/mol. The molecule has 0 aliphatic heterocycles. The summed E-state index contributed by atoms with van der Waals surface area (Å²) in [6.07, 6.45) is 2.96. The first-order chi connectivity index (χ1) is 12.1. The molecule has 0 aliphatic rings. The van der Waals surface area contributed by atoms with E-state index in [0.29, 0.717) is 13.0 Å². The second-order valence-corrected chi connectivity index (χ2v) is 5.97. The lowest BCUT2D eigenvalue weighted by Crippen LogP contribution is -2.29. The first-order valence-electron chi connectivity index (χ1n) is 8.62. The average Bonchev–Trinajstić information content (AvgIpc) is 2.65. The van der Waals surface area contributed by atoms with Crippen molar-refractivity contribution in [1.82, 2.24) is 0 Å². The van der Waals surface area contributed by atoms with Crippen LogP contribution >= 0.6 is 0 Å². The number of rotatable bonds is 8. The molecule has 0 bridgehead atoms. The number of esters is 1. The molecule has 4 heteroatoms. The van der Waals surface area contributed by atoms with Crippen molar-refractivity contribution in [2.45, 2.75) is 32.6 Å². The molecule has 0 atom stereocenters. The fourth-order valence-corrected chi connectivity index (χ4v) is 2.75. The Morgan fingerprint density at radius 2 is 1.52 bits per heavy atom. The van der Waals surface area contributed by atoms with Crippen molar-refractivity contribution in [3.8, 4) is 11.1 Å². The predicted molar refractivity (Wildman–Crippen MR) is 100 cm³/mol. The zero-order chi connectivity index (χ0) is 18.1. The summed E-state index contributed by atoms with van der Waals surface area (Å²) in [5, 5.41) is 0. The molecule has 132 valence electrons. The predicted octanol–water partition coefficient (Wildman–Crippen LogP) is 4.44. The Labute approximate surface area is 149 Å². The third kappa shape index (κ3) is 5.75. The summed E-state index contributed by atoms with van der Waals surface area (Å²) in [4.78, 5) is 24.9. The van der Waals surface area contributed by atoms with Gasteiger partial charge >= 0.3 is 5.97 Å². The van der Waals surface area contributed by atoms with E-state index in [1.54, 1.807) is 11.8 Å². The van der Waals surface area contributed by atoms with Gasteiger partial charge in [-0.2, -0.15) is 0 Å². The number of carbonyl (C=O) groups is 2. The van der Waals surface area contributed by atoms with E-state index in [1.165, 1.54) is 7.11 Å². The number of hydrogen-bond donors (Lipinski definition) is 0. The minimum absolute atomic E-state index is 0.0282. The summed E-state index contributed by atoms with van der Waals surface area (Å²) in [5.74, 6) is -0.152. The van der Waals surface area contributed by atoms with Crippen LogP contribution < -0.4 is 4.90 Å². The summed E-state index contributed by atoms with van der Waals surface area (Å²) in [5.41, 5.74) is 3.19. The largest absolute Gasteiger partial charge is 0.469 e. The second kappa shape index (κ2) is 9.62. The number of methoxy groups -OCH3 is 1. The van der Waals surface area contributed by atoms with Gasteiger partial charge in [-0.05, 0) is 36.1 Å². The van der Waals surface area contributed by atoms with E-state index in [9.17, 15) is 9.59 Å². The second-order valence-electron chi connectivity index (χ2n) is 5.97. The molecule has 0 aromatic heterocycles. The fraction of sp³-hybridized carbons (Fsp3) is 0.333. The van der Waals surface area contributed by atoms with Crippen LogP contribution in [0.2, 0.25) is 0 Å². The van der Waals surface area contributed by atoms with Crippen molar-refractivity contribution in [3.63, 3.8) is 0 Å². The van der Waals surface area contributed by atoms with Gasteiger partial charge in [-0.25, -0.2) is 0 Å². The van der Waals surface area contributed by atoms with Crippen molar-refractivity contribution >= 4 is 17.6 Å². The number of unbranched alkanes of at least 4 members (excludes halogenated alkanes) is 2. The van der Waals surface area contributed by atoms with Gasteiger partial charge in [-0.15, -0.1) is 0 Å². The molecule has 25 heavy (non-hydrogen) atoms. The van der Waals surface area contributed by atoms with Crippen LogP contribution in [0, 0.1) is 0 Å². The Balaban J connectivity index is 1.93. The van der Waals surface area contributed by atoms with Crippen molar-refractivity contribution in [2.75, 3.05) is 18.6 Å². The maximum absolute atomic E-state index is 12.0. The van der Waals surface area contributed by atoms with Crippen LogP contribution in [0.15, 0.2) is 54.6 Å². The van der Waals surface area contributed by atoms with Gasteiger partial charge in [-0.1, -0.05) is 48.9 Å². The Morgan fingerprint density at radius 3 is 2.12 bits per heavy atom. The quantitative estimate of drug-likeness (QED) is 0.527. The van der Waals surface area contributed by atoms with E-state index >= 15 is 0 Å². The lowest BCUT2D eigenvalue weighted by Gasteiger charge is -2.21. The van der Waals surface area contributed by atoms with Gasteiger partial charge in [0.2, 0.25) is 5.91 Å². The topological polar surface area (TPSA) is 46.6 Å². The molecule has 1 amide bonds. The first-order valence-corrected chi connectivity index (χ1v) is 8.62. The lowest BCUT2D eigenvalue weighted by molar-refractivity contribution is -0.140. The molecular formula is C21H25NO3. The van der Waals surface area contributed by atoms with Crippen LogP contribution in [-0.4, -0.2) is 25.5 Å². The summed E-state index contributed by atoms with van der Waals surface area (Å²) in [6, 6.07) is 18.2. The van der Waals surface area contributed by atoms with Crippen LogP contribution in [0.3, 0.4) is 0 Å². The Kier molecular flexibility index (Phi) is 7.20. The molecule has 2 aromatic carbocycles. The van der Waals surface area contributed by atoms with E-state index in [4.69, 9.17) is 0 Å². The molecule has 0 saturated carbocycles. The molecule has 2 aromatic rings. The van der Waals surface area contributed by atoms with Crippen LogP contribution in [0.4, 0.5) is 5.69 Å². The van der Waals surface area contributed by atoms with Gasteiger partial charge < -0.3 is 9.64 Å². The average molecular weight is 339 g/mol. The van der Waals surface area contributed by atoms with Gasteiger partial charge in [-0.3, -0.25) is 9.59 Å². The highest BCUT2D eigenvalue weighted by molar-refractivity contribution is 5.91. The van der Waals surface area contributed by atoms with Gasteiger partial charge in [0.1, 0.15) is 0 Å². The SMILES string of the molecule is COC(=O)CCCCCN(C(C)=O)c1ccc(-c2ccccc2)cc1. The minimum Gasteiger partial charge on any atom is -0.469 e. The van der Waals surface area contributed by atoms with Crippen molar-refractivity contribution in [2.24, 2.45) is 0 Å². The van der Waals surface area contributed by atoms with Gasteiger partial charge in [0, 0.05) is 25.6 Å². The molecule has 0 spiro atoms. The number of anilines is 1. The van der Waals surface area contributed by atoms with Crippen LogP contribution in [0.1, 0.15) is 32.6 Å². The molecule has 0 fully saturated rings. The van der Waals surface area contributed by atoms with Crippen LogP contribution in [-0.2, 0) is 14.3 Å². The molecule has 2 rings (SSSR count). The molecule has 0 aliphatic carbocycles. The van der Waals surface area contributed by atoms with E-state index in [1.807, 2.05) is 42.5 Å². The summed E-state index contributed by atoms with van der Waals surface area (Å²) in [7, 11) is 1.40. The van der Waals surface area contributed by atoms with E-state index < -0.39 is 0 Å². The van der Waals surface area contributed by atoms with Crippen LogP contribution in [0.5, 0.6) is 0 Å². The summed E-state index contributed by atoms with van der Waals surface area (Å²) in [6.45, 7) is 2.24. The zero-order valence-corrected chi connectivity index (χ0v) is 14.9. The third-order valence-corrected chi connectivity index (χ3v) is 4.16. The fourth-order valence-electron chi connectivity index (χ4n) is 2.75. The molecule has 0 N–H and O–H groups in total. The smallest absolute Gasteiger partial charge is 0.305 e. The molecule has 0 saturated heterocycles. The molecular weight excluding hydrogens is 314 g/mol. The number of hydrogen-bond acceptors (Lipinski definition) is 3. The Morgan fingerprint density at radius 1 is 0.880 bits per heavy atom. The molecule has 0 radical (unpaired) electrons. The lowest BCUT2D eigenvalue weighted by atomic mass is 10.1. The summed E-state index contributed by atoms with van der Waals surface area (Å²) < 4.78 is 4.63. The van der Waals surface area contributed by atoms with Gasteiger partial charge in [0.15, 0.2) is 0 Å². The van der Waals surface area contributed by atoms with Gasteiger partial charge in [0.05, 0.1) is 7.11 Å². The normalized spacial score (nSPS) is 10.3. The maximum Gasteiger partial charge on any atom is 0.305 e. The number of nitrogens with zero attached hydrogens (tertiary/aromatic N) is 1. The number of ether oxygens (including phenoxy) is 1. The zero-order valence-electron chi connectivity index (χ0n) is 14.9. The number of benzene rings is 2. The van der Waals surface area contributed by atoms with Crippen molar-refractivity contribution < 1.29 is 14.3 Å². The highest BCUT2D eigenvalue weighted by Gasteiger charge is 2.11. The third-order valence-electron chi connectivity index (χ3n) is 4.16. The van der Waals surface area contributed by atoms with Crippen molar-refractivity contribution in [3.05, 3.63) is 54.6 Å². The maximum atomic E-state index is 12.0. The number of amides is 1. The van der Waals surface area contributed by atoms with E-state index in [0.717, 1.165) is 36.1 Å². The molecule has 0 unspecified atom stereocenters. The minimum atomic E-state index is -0.181. The standard InChI is InChI=1S/C21H25NO3/c1-17(23)22(16-8-4-7-11-21(24)25-2)20-14-12-19(13-15-20)18-9-5-3-6-10-18/h3,5-6,9-10,12-15H,4,7-8,11,16H2,1-2H3. The molecule has 4 nitrogen and oxygen atoms in total. The Hall–Kier alpha value is -2.62. The van der Waals surface area contributed by atoms with Crippen LogP contribution in [0.25, 0.3) is 11.1 Å². The van der Waals surface area contributed by atoms with E-state index in [-0.39, 0.29) is 11.9 Å². The highest BCUT2D eigenvalue weighted by Crippen LogP contribution is 2.23. The number of carbonyl (C=O) groups excluding carboxylic acids is 2. The first kappa shape index (κ1) is 18.7. The van der Waals surface area contributed by atoms with Crippen molar-refractivity contribution in [1.29, 1.82) is 0 Å². The summed E-state index contributed by atoms with van der Waals surface area (Å²) >= 11 is 0. The highest BCUT2D eigenvalue weighted by atomic mass is 16.5. The van der Waals surface area contributed by atoms with E-state index in [2.05, 4.69) is 16.9 Å².